The molecule has 138 valence electrons. The van der Waals surface area contributed by atoms with Gasteiger partial charge in [0.2, 0.25) is 0 Å². The van der Waals surface area contributed by atoms with E-state index in [1.807, 2.05) is 0 Å². The highest BCUT2D eigenvalue weighted by Gasteiger charge is 2.19. The van der Waals surface area contributed by atoms with Crippen LogP contribution in [0.2, 0.25) is 0 Å². The molecule has 2 aliphatic rings. The van der Waals surface area contributed by atoms with Crippen LogP contribution in [-0.2, 0) is 9.47 Å². The molecule has 0 saturated carbocycles. The molecule has 0 aromatic carbocycles. The number of aliphatic imine (C=N–C) groups is 1. The molecule has 2 rings (SSSR count). The fraction of sp³-hybridized carbons (Fsp3) is 0.833. The van der Waals surface area contributed by atoms with Gasteiger partial charge in [-0.2, -0.15) is 0 Å². The van der Waals surface area contributed by atoms with Crippen molar-refractivity contribution in [3.05, 3.63) is 11.8 Å². The molecule has 2 N–H and O–H groups in total. The highest BCUT2D eigenvalue weighted by Crippen LogP contribution is 2.13. The van der Waals surface area contributed by atoms with Gasteiger partial charge in [-0.05, 0) is 32.3 Å². The van der Waals surface area contributed by atoms with Crippen LogP contribution in [0.3, 0.4) is 0 Å². The lowest BCUT2D eigenvalue weighted by atomic mass is 10.0. The molecule has 2 atom stereocenters. The number of rotatable bonds is 5. The second kappa shape index (κ2) is 9.89. The van der Waals surface area contributed by atoms with E-state index in [1.54, 1.807) is 0 Å². The molecule has 24 heavy (non-hydrogen) atoms. The third-order valence-corrected chi connectivity index (χ3v) is 4.69. The van der Waals surface area contributed by atoms with Crippen molar-refractivity contribution in [2.75, 3.05) is 52.6 Å². The quantitative estimate of drug-likeness (QED) is 0.610. The minimum absolute atomic E-state index is 0.0710. The molecule has 0 radical (unpaired) electrons. The van der Waals surface area contributed by atoms with E-state index in [-0.39, 0.29) is 6.04 Å². The molecule has 2 heterocycles. The Balaban J connectivity index is 1.94. The number of nitrogens with two attached hydrogens (primary N) is 1. The van der Waals surface area contributed by atoms with Crippen molar-refractivity contribution >= 4 is 5.96 Å². The van der Waals surface area contributed by atoms with Crippen LogP contribution in [0.4, 0.5) is 0 Å². The van der Waals surface area contributed by atoms with Gasteiger partial charge in [0.25, 0.3) is 0 Å². The van der Waals surface area contributed by atoms with E-state index in [4.69, 9.17) is 20.2 Å². The monoisotopic (exact) mass is 338 g/mol. The van der Waals surface area contributed by atoms with E-state index in [2.05, 4.69) is 36.6 Å². The Labute approximate surface area is 146 Å². The van der Waals surface area contributed by atoms with Crippen molar-refractivity contribution in [1.82, 2.24) is 9.80 Å². The Morgan fingerprint density at radius 2 is 1.88 bits per heavy atom. The van der Waals surface area contributed by atoms with E-state index >= 15 is 0 Å². The van der Waals surface area contributed by atoms with E-state index in [0.29, 0.717) is 11.9 Å². The molecule has 2 fully saturated rings. The molecule has 0 aliphatic carbocycles. The summed E-state index contributed by atoms with van der Waals surface area (Å²) in [6.07, 6.45) is 4.54. The van der Waals surface area contributed by atoms with Gasteiger partial charge in [0.05, 0.1) is 32.5 Å². The summed E-state index contributed by atoms with van der Waals surface area (Å²) in [7, 11) is 0. The Morgan fingerprint density at radius 1 is 1.21 bits per heavy atom. The number of ether oxygens (including phenoxy) is 2. The van der Waals surface area contributed by atoms with E-state index < -0.39 is 0 Å². The summed E-state index contributed by atoms with van der Waals surface area (Å²) < 4.78 is 11.1. The normalized spacial score (nSPS) is 25.5. The maximum absolute atomic E-state index is 6.29. The van der Waals surface area contributed by atoms with E-state index in [0.717, 1.165) is 52.6 Å². The second-order valence-electron chi connectivity index (χ2n) is 6.81. The molecule has 6 nitrogen and oxygen atoms in total. The van der Waals surface area contributed by atoms with Gasteiger partial charge in [-0.3, -0.25) is 0 Å². The Bertz CT molecular complexity index is 433. The van der Waals surface area contributed by atoms with Gasteiger partial charge in [-0.15, -0.1) is 0 Å². The number of allylic oxidation sites excluding steroid dienone is 1. The highest BCUT2D eigenvalue weighted by molar-refractivity contribution is 5.78. The average molecular weight is 338 g/mol. The maximum atomic E-state index is 6.29. The fourth-order valence-electron chi connectivity index (χ4n) is 3.37. The lowest BCUT2D eigenvalue weighted by molar-refractivity contribution is 0.0535. The Morgan fingerprint density at radius 3 is 2.58 bits per heavy atom. The molecular formula is C18H34N4O2. The number of morpholine rings is 1. The van der Waals surface area contributed by atoms with Gasteiger partial charge in [0.15, 0.2) is 5.96 Å². The number of guanidine groups is 1. The summed E-state index contributed by atoms with van der Waals surface area (Å²) in [6, 6.07) is 0.0710. The molecule has 0 aromatic rings. The number of hydrogen-bond acceptors (Lipinski definition) is 4. The zero-order chi connectivity index (χ0) is 17.4. The summed E-state index contributed by atoms with van der Waals surface area (Å²) in [5.74, 6) is 1.19. The minimum Gasteiger partial charge on any atom is -0.379 e. The van der Waals surface area contributed by atoms with Gasteiger partial charge in [-0.25, -0.2) is 4.99 Å². The van der Waals surface area contributed by atoms with Crippen LogP contribution in [-0.4, -0.2) is 74.4 Å². The average Bonchev–Trinajstić information content (AvgIpc) is 2.81. The SMILES string of the molecule is CCCC1COCCN(C(N)=NC(C)/C=C(\C)N2CCOCC2)C1. The molecule has 0 bridgehead atoms. The van der Waals surface area contributed by atoms with E-state index in [9.17, 15) is 0 Å². The Kier molecular flexibility index (Phi) is 7.85. The molecule has 0 aromatic heterocycles. The second-order valence-corrected chi connectivity index (χ2v) is 6.81. The first-order valence-electron chi connectivity index (χ1n) is 9.27. The van der Waals surface area contributed by atoms with Crippen LogP contribution < -0.4 is 5.73 Å². The summed E-state index contributed by atoms with van der Waals surface area (Å²) in [6.45, 7) is 13.3. The molecule has 2 saturated heterocycles. The highest BCUT2D eigenvalue weighted by atomic mass is 16.5. The maximum Gasteiger partial charge on any atom is 0.191 e. The third-order valence-electron chi connectivity index (χ3n) is 4.69. The van der Waals surface area contributed by atoms with Crippen LogP contribution >= 0.6 is 0 Å². The predicted octanol–water partition coefficient (Wildman–Crippen LogP) is 1.67. The van der Waals surface area contributed by atoms with Crippen molar-refractivity contribution in [2.45, 2.75) is 39.7 Å². The van der Waals surface area contributed by atoms with Crippen molar-refractivity contribution in [1.29, 1.82) is 0 Å². The van der Waals surface area contributed by atoms with E-state index in [1.165, 1.54) is 18.5 Å². The van der Waals surface area contributed by atoms with Gasteiger partial charge in [0.1, 0.15) is 0 Å². The predicted molar refractivity (Wildman–Crippen MR) is 98.0 cm³/mol. The van der Waals surface area contributed by atoms with Crippen LogP contribution in [0, 0.1) is 5.92 Å². The first-order valence-corrected chi connectivity index (χ1v) is 9.27. The lowest BCUT2D eigenvalue weighted by Crippen LogP contribution is -2.41. The van der Waals surface area contributed by atoms with Gasteiger partial charge < -0.3 is 25.0 Å². The summed E-state index contributed by atoms with van der Waals surface area (Å²) in [4.78, 5) is 9.23. The number of nitrogens with zero attached hydrogens (tertiary/aromatic N) is 3. The fourth-order valence-corrected chi connectivity index (χ4v) is 3.37. The summed E-state index contributed by atoms with van der Waals surface area (Å²) >= 11 is 0. The summed E-state index contributed by atoms with van der Waals surface area (Å²) in [5, 5.41) is 0. The molecular weight excluding hydrogens is 304 g/mol. The number of hydrogen-bond donors (Lipinski definition) is 1. The zero-order valence-corrected chi connectivity index (χ0v) is 15.5. The van der Waals surface area contributed by atoms with Gasteiger partial charge in [-0.1, -0.05) is 13.3 Å². The lowest BCUT2D eigenvalue weighted by Gasteiger charge is -2.30. The van der Waals surface area contributed by atoms with Crippen LogP contribution in [0.5, 0.6) is 0 Å². The minimum atomic E-state index is 0.0710. The van der Waals surface area contributed by atoms with Crippen molar-refractivity contribution < 1.29 is 9.47 Å². The standard InChI is InChI=1S/C18H34N4O2/c1-4-5-17-13-22(8-11-24-14-17)18(19)20-15(2)12-16(3)21-6-9-23-10-7-21/h12,15,17H,4-11,13-14H2,1-3H3,(H2,19,20)/b16-12+. The Hall–Kier alpha value is -1.27. The van der Waals surface area contributed by atoms with Crippen LogP contribution in [0.25, 0.3) is 0 Å². The summed E-state index contributed by atoms with van der Waals surface area (Å²) in [5.41, 5.74) is 7.54. The smallest absolute Gasteiger partial charge is 0.191 e. The molecule has 0 spiro atoms. The van der Waals surface area contributed by atoms with Crippen molar-refractivity contribution in [3.63, 3.8) is 0 Å². The molecule has 6 heteroatoms. The largest absolute Gasteiger partial charge is 0.379 e. The molecule has 2 unspecified atom stereocenters. The zero-order valence-electron chi connectivity index (χ0n) is 15.5. The van der Waals surface area contributed by atoms with Gasteiger partial charge >= 0.3 is 0 Å². The van der Waals surface area contributed by atoms with Crippen molar-refractivity contribution in [3.8, 4) is 0 Å². The molecule has 2 aliphatic heterocycles. The topological polar surface area (TPSA) is 63.3 Å². The van der Waals surface area contributed by atoms with Crippen molar-refractivity contribution in [2.24, 2.45) is 16.6 Å². The van der Waals surface area contributed by atoms with Gasteiger partial charge in [0, 0.05) is 31.9 Å². The van der Waals surface area contributed by atoms with Crippen LogP contribution in [0.15, 0.2) is 16.8 Å². The first kappa shape index (κ1) is 19.1. The first-order chi connectivity index (χ1) is 11.6. The molecule has 0 amide bonds. The van der Waals surface area contributed by atoms with Crippen LogP contribution in [0.1, 0.15) is 33.6 Å². The third kappa shape index (κ3) is 5.98.